The van der Waals surface area contributed by atoms with E-state index in [1.807, 2.05) is 11.9 Å². The molecule has 6 N–H and O–H groups in total. The molecule has 0 bridgehead atoms. The maximum absolute atomic E-state index is 12.6. The number of aliphatic imine (C=N–C) groups is 1. The van der Waals surface area contributed by atoms with Crippen molar-refractivity contribution in [3.05, 3.63) is 34.4 Å². The molecule has 4 rings (SSSR count). The molecule has 0 spiro atoms. The van der Waals surface area contributed by atoms with Gasteiger partial charge in [0.25, 0.3) is 5.91 Å². The van der Waals surface area contributed by atoms with Gasteiger partial charge in [-0.2, -0.15) is 0 Å². The van der Waals surface area contributed by atoms with Gasteiger partial charge in [0.2, 0.25) is 0 Å². The fraction of sp³-hybridized carbons (Fsp3) is 0.700. The number of piperidine rings is 1. The first kappa shape index (κ1) is 32.5. The summed E-state index contributed by atoms with van der Waals surface area (Å²) in [4.78, 5) is 30.8. The summed E-state index contributed by atoms with van der Waals surface area (Å²) in [5, 5.41) is 6.79. The van der Waals surface area contributed by atoms with E-state index in [1.165, 1.54) is 12.8 Å². The Morgan fingerprint density at radius 1 is 1.21 bits per heavy atom. The summed E-state index contributed by atoms with van der Waals surface area (Å²) in [6.45, 7) is 14.6. The number of halogens is 1. The molecule has 2 aliphatic heterocycles. The van der Waals surface area contributed by atoms with Crippen molar-refractivity contribution in [2.45, 2.75) is 83.2 Å². The molecule has 42 heavy (non-hydrogen) atoms. The van der Waals surface area contributed by atoms with E-state index in [0.717, 1.165) is 76.3 Å². The third-order valence-electron chi connectivity index (χ3n) is 8.97. The smallest absolute Gasteiger partial charge is 0.273 e. The highest BCUT2D eigenvalue weighted by atomic mass is 35.5. The number of pyridine rings is 1. The highest BCUT2D eigenvalue weighted by Crippen LogP contribution is 2.29. The Morgan fingerprint density at radius 3 is 2.55 bits per heavy atom. The third-order valence-corrected chi connectivity index (χ3v) is 9.29. The van der Waals surface area contributed by atoms with Gasteiger partial charge in [-0.1, -0.05) is 31.5 Å². The normalized spacial score (nSPS) is 22.4. The van der Waals surface area contributed by atoms with Gasteiger partial charge in [-0.3, -0.25) is 24.5 Å². The van der Waals surface area contributed by atoms with Crippen LogP contribution in [0, 0.1) is 0 Å². The van der Waals surface area contributed by atoms with Crippen LogP contribution in [0.25, 0.3) is 0 Å². The van der Waals surface area contributed by atoms with Gasteiger partial charge >= 0.3 is 0 Å². The van der Waals surface area contributed by atoms with Crippen molar-refractivity contribution in [2.75, 3.05) is 58.2 Å². The Hall–Kier alpha value is -2.44. The number of hydrogen-bond acceptors (Lipinski definition) is 10. The van der Waals surface area contributed by atoms with Crippen molar-refractivity contribution in [2.24, 2.45) is 16.5 Å². The van der Waals surface area contributed by atoms with Crippen LogP contribution in [-0.4, -0.2) is 114 Å². The number of nitrogens with one attached hydrogen (secondary N) is 2. The number of amides is 1. The van der Waals surface area contributed by atoms with E-state index in [0.29, 0.717) is 42.2 Å². The number of aromatic nitrogens is 1. The summed E-state index contributed by atoms with van der Waals surface area (Å²) in [7, 11) is 1.94. The molecule has 3 heterocycles. The van der Waals surface area contributed by atoms with Crippen LogP contribution < -0.4 is 22.1 Å². The summed E-state index contributed by atoms with van der Waals surface area (Å²) in [6, 6.07) is 5.81. The molecule has 3 fully saturated rings. The first-order valence-corrected chi connectivity index (χ1v) is 16.0. The number of piperazine rings is 1. The number of carbonyl (C=O) groups excluding carboxylic acids is 1. The zero-order valence-electron chi connectivity index (χ0n) is 25.7. The molecule has 1 saturated carbocycles. The molecule has 2 saturated heterocycles. The minimum absolute atomic E-state index is 0.0614. The molecule has 1 aromatic heterocycles. The number of carbonyl (C=O) groups is 1. The van der Waals surface area contributed by atoms with Crippen LogP contribution >= 0.6 is 11.6 Å². The fourth-order valence-corrected chi connectivity index (χ4v) is 6.61. The van der Waals surface area contributed by atoms with Crippen LogP contribution in [0.3, 0.4) is 0 Å². The van der Waals surface area contributed by atoms with Crippen LogP contribution in [0.4, 0.5) is 5.82 Å². The van der Waals surface area contributed by atoms with Gasteiger partial charge in [-0.05, 0) is 64.4 Å². The summed E-state index contributed by atoms with van der Waals surface area (Å²) in [5.41, 5.74) is 13.2. The maximum atomic E-state index is 12.6. The lowest BCUT2D eigenvalue weighted by Crippen LogP contribution is -2.62. The Morgan fingerprint density at radius 2 is 1.95 bits per heavy atom. The fourth-order valence-electron chi connectivity index (χ4n) is 6.40. The second kappa shape index (κ2) is 15.3. The highest BCUT2D eigenvalue weighted by Gasteiger charge is 2.36. The standard InChI is InChI=1S/C30H51ClN10O/c1-5-23-20-40(26(6-2)38(4)29(33)27(34-3)30(42)35-14-13-32)17-18-41(23)24-11-15-39(16-12-24)19-21-7-10-25(37-28(21)31)36-22-8-9-22/h7,10,22-24,26H,3,5-6,8-9,11-20,32-33H2,1-2,4H3,(H,35,42)(H,36,37)/b29-27-. The monoisotopic (exact) mass is 602 g/mol. The number of hydrogen-bond donors (Lipinski definition) is 4. The van der Waals surface area contributed by atoms with Crippen LogP contribution in [0.1, 0.15) is 57.9 Å². The summed E-state index contributed by atoms with van der Waals surface area (Å²) in [6.07, 6.45) is 6.77. The quantitative estimate of drug-likeness (QED) is 0.144. The Bertz CT molecular complexity index is 1090. The second-order valence-electron chi connectivity index (χ2n) is 11.8. The molecule has 1 amide bonds. The van der Waals surface area contributed by atoms with Crippen LogP contribution in [0.15, 0.2) is 28.6 Å². The van der Waals surface area contributed by atoms with Crippen molar-refractivity contribution < 1.29 is 4.79 Å². The molecule has 0 aromatic carbocycles. The SMILES string of the molecule is C=N/C(C(=O)NCCN)=C(/N)N(C)C(CC)N1CCN(C2CCN(Cc3ccc(NC4CC4)nc3Cl)CC2)C(CC)C1. The van der Waals surface area contributed by atoms with E-state index in [1.54, 1.807) is 0 Å². The molecule has 12 heteroatoms. The highest BCUT2D eigenvalue weighted by molar-refractivity contribution is 6.30. The van der Waals surface area contributed by atoms with E-state index in [4.69, 9.17) is 23.1 Å². The average molecular weight is 603 g/mol. The van der Waals surface area contributed by atoms with Crippen LogP contribution in [-0.2, 0) is 11.3 Å². The molecule has 2 unspecified atom stereocenters. The van der Waals surface area contributed by atoms with E-state index in [9.17, 15) is 4.79 Å². The van der Waals surface area contributed by atoms with Gasteiger partial charge in [0.05, 0.1) is 6.17 Å². The van der Waals surface area contributed by atoms with E-state index < -0.39 is 0 Å². The summed E-state index contributed by atoms with van der Waals surface area (Å²) in [5.74, 6) is 0.868. The molecular weight excluding hydrogens is 552 g/mol. The zero-order chi connectivity index (χ0) is 30.2. The Labute approximate surface area is 256 Å². The molecule has 0 radical (unpaired) electrons. The average Bonchev–Trinajstić information content (AvgIpc) is 3.82. The molecule has 2 atom stereocenters. The topological polar surface area (TPSA) is 131 Å². The lowest BCUT2D eigenvalue weighted by atomic mass is 9.97. The van der Waals surface area contributed by atoms with E-state index in [2.05, 4.69) is 68.0 Å². The predicted molar refractivity (Wildman–Crippen MR) is 171 cm³/mol. The van der Waals surface area contributed by atoms with Gasteiger partial charge in [0, 0.05) is 70.0 Å². The summed E-state index contributed by atoms with van der Waals surface area (Å²) < 4.78 is 0. The summed E-state index contributed by atoms with van der Waals surface area (Å²) >= 11 is 6.56. The molecule has 1 aromatic rings. The minimum atomic E-state index is -0.349. The number of nitrogens with zero attached hydrogens (tertiary/aromatic N) is 6. The van der Waals surface area contributed by atoms with Gasteiger partial charge in [-0.25, -0.2) is 4.98 Å². The van der Waals surface area contributed by atoms with Gasteiger partial charge in [0.15, 0.2) is 5.70 Å². The molecule has 3 aliphatic rings. The number of anilines is 1. The van der Waals surface area contributed by atoms with Crippen LogP contribution in [0.5, 0.6) is 0 Å². The molecule has 1 aliphatic carbocycles. The largest absolute Gasteiger partial charge is 0.383 e. The number of likely N-dealkylation sites (tertiary alicyclic amines) is 1. The molecule has 234 valence electrons. The van der Waals surface area contributed by atoms with Crippen LogP contribution in [0.2, 0.25) is 5.15 Å². The first-order chi connectivity index (χ1) is 20.3. The van der Waals surface area contributed by atoms with E-state index >= 15 is 0 Å². The molecule has 11 nitrogen and oxygen atoms in total. The third kappa shape index (κ3) is 8.13. The Balaban J connectivity index is 1.31. The number of rotatable bonds is 14. The van der Waals surface area contributed by atoms with Crippen molar-refractivity contribution in [3.63, 3.8) is 0 Å². The van der Waals surface area contributed by atoms with Crippen molar-refractivity contribution in [3.8, 4) is 0 Å². The van der Waals surface area contributed by atoms with Crippen molar-refractivity contribution in [1.82, 2.24) is 29.9 Å². The second-order valence-corrected chi connectivity index (χ2v) is 12.2. The lowest BCUT2D eigenvalue weighted by Gasteiger charge is -2.50. The lowest BCUT2D eigenvalue weighted by molar-refractivity contribution is -0.117. The van der Waals surface area contributed by atoms with Crippen molar-refractivity contribution >= 4 is 30.0 Å². The first-order valence-electron chi connectivity index (χ1n) is 15.6. The zero-order valence-corrected chi connectivity index (χ0v) is 26.5. The predicted octanol–water partition coefficient (Wildman–Crippen LogP) is 2.24. The molecular formula is C30H51ClN10O. The van der Waals surface area contributed by atoms with Crippen molar-refractivity contribution in [1.29, 1.82) is 0 Å². The Kier molecular flexibility index (Phi) is 11.9. The maximum Gasteiger partial charge on any atom is 0.273 e. The van der Waals surface area contributed by atoms with E-state index in [-0.39, 0.29) is 17.8 Å². The van der Waals surface area contributed by atoms with Gasteiger partial charge < -0.3 is 27.0 Å². The number of nitrogens with two attached hydrogens (primary N) is 2. The van der Waals surface area contributed by atoms with Gasteiger partial charge in [0.1, 0.15) is 16.8 Å². The van der Waals surface area contributed by atoms with Gasteiger partial charge in [-0.15, -0.1) is 0 Å². The minimum Gasteiger partial charge on any atom is -0.383 e.